The number of allylic oxidation sites excluding steroid dienone is 10. The highest BCUT2D eigenvalue weighted by Gasteiger charge is 2.21. The zero-order valence-corrected chi connectivity index (χ0v) is 34.8. The Morgan fingerprint density at radius 1 is 0.923 bits per heavy atom. The summed E-state index contributed by atoms with van der Waals surface area (Å²) in [4.78, 5) is 22.5. The molecule has 1 aromatic heterocycles. The van der Waals surface area contributed by atoms with Gasteiger partial charge in [-0.25, -0.2) is 0 Å². The van der Waals surface area contributed by atoms with Crippen LogP contribution in [0.5, 0.6) is 0 Å². The number of terminal acetylenes is 1. The van der Waals surface area contributed by atoms with Crippen LogP contribution >= 0.6 is 0 Å². The minimum Gasteiger partial charge on any atom is -0.462 e. The molecule has 0 fully saturated rings. The molecule has 0 saturated carbocycles. The molecular weight excluding hydrogens is 647 g/mol. The van der Waals surface area contributed by atoms with Crippen LogP contribution in [0.2, 0.25) is 0 Å². The minimum atomic E-state index is -0.104. The van der Waals surface area contributed by atoms with Crippen LogP contribution in [0.15, 0.2) is 65.4 Å². The van der Waals surface area contributed by atoms with Gasteiger partial charge in [0.1, 0.15) is 12.4 Å². The van der Waals surface area contributed by atoms with Gasteiger partial charge < -0.3 is 9.47 Å². The Morgan fingerprint density at radius 2 is 1.56 bits per heavy atom. The fourth-order valence-corrected chi connectivity index (χ4v) is 5.42. The van der Waals surface area contributed by atoms with Crippen LogP contribution in [-0.2, 0) is 32.0 Å². The predicted molar refractivity (Wildman–Crippen MR) is 221 cm³/mol. The normalized spacial score (nSPS) is 13.8. The number of esters is 1. The predicted octanol–water partition coefficient (Wildman–Crippen LogP) is 11.7. The first-order chi connectivity index (χ1) is 25.0. The van der Waals surface area contributed by atoms with Crippen molar-refractivity contribution in [2.75, 3.05) is 7.11 Å². The molecular formula is C45H75N3O4. The molecule has 0 bridgehead atoms. The number of nitrogens with zero attached hydrogens (tertiary/aromatic N) is 3. The number of aldehydes is 1. The van der Waals surface area contributed by atoms with Crippen molar-refractivity contribution in [1.29, 1.82) is 0 Å². The Bertz CT molecular complexity index is 1230. The lowest BCUT2D eigenvalue weighted by Crippen LogP contribution is -2.28. The Hall–Kier alpha value is -3.50. The zero-order valence-electron chi connectivity index (χ0n) is 34.8. The van der Waals surface area contributed by atoms with Gasteiger partial charge in [-0.15, -0.1) is 17.4 Å². The highest BCUT2D eigenvalue weighted by Crippen LogP contribution is 2.17. The Labute approximate surface area is 319 Å². The summed E-state index contributed by atoms with van der Waals surface area (Å²) in [6.07, 6.45) is 37.6. The van der Waals surface area contributed by atoms with E-state index in [4.69, 9.17) is 9.47 Å². The lowest BCUT2D eigenvalue weighted by atomic mass is 10.0. The second-order valence-electron chi connectivity index (χ2n) is 13.6. The van der Waals surface area contributed by atoms with Crippen molar-refractivity contribution in [1.82, 2.24) is 15.0 Å². The summed E-state index contributed by atoms with van der Waals surface area (Å²) >= 11 is 0. The molecule has 0 radical (unpaired) electrons. The molecule has 0 aliphatic heterocycles. The molecule has 3 unspecified atom stereocenters. The summed E-state index contributed by atoms with van der Waals surface area (Å²) in [5.41, 5.74) is 4.61. The number of rotatable bonds is 26. The van der Waals surface area contributed by atoms with Crippen molar-refractivity contribution in [3.05, 3.63) is 71.1 Å². The van der Waals surface area contributed by atoms with E-state index in [1.807, 2.05) is 23.9 Å². The molecule has 294 valence electrons. The maximum Gasteiger partial charge on any atom is 0.306 e. The van der Waals surface area contributed by atoms with Crippen LogP contribution in [0, 0.1) is 18.3 Å². The van der Waals surface area contributed by atoms with Crippen LogP contribution < -0.4 is 0 Å². The molecule has 3 atom stereocenters. The summed E-state index contributed by atoms with van der Waals surface area (Å²) in [6, 6.07) is 0. The van der Waals surface area contributed by atoms with E-state index < -0.39 is 0 Å². The number of carbonyl (C=O) groups excluding carboxylic acids is 2. The van der Waals surface area contributed by atoms with E-state index >= 15 is 0 Å². The molecule has 0 aliphatic carbocycles. The Kier molecular flexibility index (Phi) is 34.9. The number of carbonyl (C=O) groups is 2. The largest absolute Gasteiger partial charge is 0.462 e. The highest BCUT2D eigenvalue weighted by molar-refractivity contribution is 5.69. The standard InChI is InChI=1S/C23H43N3O3.C19H28O.C3H4/c1-6-9-11-13-20-18-26(25-24-20)17-19(4)22(8-3)29-23(27)16-12-15-21(28-5)14-10-7-2;1-5-6-7-8-11-17(2)12-9-13-18(3)16-19(4)14-10-15-20;1-3-2/h18-19,21-22H,6-17H2,1-5H3;9-16H,5-8H2,1-4H3;1H,2H3/b;12-9+,14-10+,17-11+,18-13+,19-16+;. The average Bonchev–Trinajstić information content (AvgIpc) is 3.57. The molecule has 0 N–H and O–H groups in total. The molecule has 0 aliphatic rings. The monoisotopic (exact) mass is 722 g/mol. The van der Waals surface area contributed by atoms with Crippen LogP contribution in [0.1, 0.15) is 158 Å². The molecule has 0 saturated heterocycles. The van der Waals surface area contributed by atoms with Gasteiger partial charge in [-0.2, -0.15) is 0 Å². The highest BCUT2D eigenvalue weighted by atomic mass is 16.5. The molecule has 52 heavy (non-hydrogen) atoms. The summed E-state index contributed by atoms with van der Waals surface area (Å²) in [5, 5.41) is 8.51. The Morgan fingerprint density at radius 3 is 2.17 bits per heavy atom. The molecule has 1 rings (SSSR count). The molecule has 1 aromatic rings. The maximum absolute atomic E-state index is 12.3. The maximum atomic E-state index is 12.3. The third-order valence-corrected chi connectivity index (χ3v) is 8.42. The van der Waals surface area contributed by atoms with E-state index in [9.17, 15) is 9.59 Å². The molecule has 0 amide bonds. The number of aryl methyl sites for hydroxylation is 1. The van der Waals surface area contributed by atoms with E-state index in [0.717, 1.165) is 62.6 Å². The van der Waals surface area contributed by atoms with Crippen LogP contribution in [0.3, 0.4) is 0 Å². The lowest BCUT2D eigenvalue weighted by molar-refractivity contribution is -0.152. The number of hydrogen-bond donors (Lipinski definition) is 0. The van der Waals surface area contributed by atoms with E-state index in [0.29, 0.717) is 6.42 Å². The topological polar surface area (TPSA) is 83.3 Å². The summed E-state index contributed by atoms with van der Waals surface area (Å²) in [7, 11) is 1.76. The van der Waals surface area contributed by atoms with E-state index in [1.165, 1.54) is 68.6 Å². The number of ether oxygens (including phenoxy) is 2. The number of aromatic nitrogens is 3. The first-order valence-corrected chi connectivity index (χ1v) is 19.9. The minimum absolute atomic E-state index is 0.0893. The molecule has 1 heterocycles. The van der Waals surface area contributed by atoms with Crippen molar-refractivity contribution < 1.29 is 19.1 Å². The molecule has 0 spiro atoms. The number of hydrogen-bond acceptors (Lipinski definition) is 6. The van der Waals surface area contributed by atoms with Gasteiger partial charge in [0, 0.05) is 32.2 Å². The van der Waals surface area contributed by atoms with Gasteiger partial charge in [-0.3, -0.25) is 14.3 Å². The lowest BCUT2D eigenvalue weighted by Gasteiger charge is -2.23. The van der Waals surface area contributed by atoms with Crippen molar-refractivity contribution in [3.63, 3.8) is 0 Å². The van der Waals surface area contributed by atoms with Crippen molar-refractivity contribution >= 4 is 12.3 Å². The fraction of sp³-hybridized carbons (Fsp3) is 0.644. The molecule has 7 nitrogen and oxygen atoms in total. The van der Waals surface area contributed by atoms with Crippen molar-refractivity contribution in [2.45, 2.75) is 177 Å². The second kappa shape index (κ2) is 35.9. The average molecular weight is 722 g/mol. The van der Waals surface area contributed by atoms with E-state index in [2.05, 4.69) is 102 Å². The number of unbranched alkanes of at least 4 members (excludes halogenated alkanes) is 6. The van der Waals surface area contributed by atoms with Gasteiger partial charge in [0.05, 0.1) is 11.8 Å². The third-order valence-electron chi connectivity index (χ3n) is 8.42. The van der Waals surface area contributed by atoms with Crippen LogP contribution in [0.25, 0.3) is 0 Å². The fourth-order valence-electron chi connectivity index (χ4n) is 5.42. The van der Waals surface area contributed by atoms with Gasteiger partial charge in [0.2, 0.25) is 0 Å². The molecule has 7 heteroatoms. The van der Waals surface area contributed by atoms with Gasteiger partial charge in [-0.05, 0) is 85.1 Å². The van der Waals surface area contributed by atoms with Crippen LogP contribution in [-0.4, -0.2) is 46.6 Å². The van der Waals surface area contributed by atoms with Crippen LogP contribution in [0.4, 0.5) is 0 Å². The van der Waals surface area contributed by atoms with Crippen molar-refractivity contribution in [2.24, 2.45) is 5.92 Å². The molecule has 0 aromatic carbocycles. The first kappa shape index (κ1) is 50.6. The first-order valence-electron chi connectivity index (χ1n) is 19.9. The second-order valence-corrected chi connectivity index (χ2v) is 13.6. The summed E-state index contributed by atoms with van der Waals surface area (Å²) in [5.74, 6) is 2.35. The van der Waals surface area contributed by atoms with Gasteiger partial charge in [0.15, 0.2) is 0 Å². The van der Waals surface area contributed by atoms with Gasteiger partial charge >= 0.3 is 5.97 Å². The van der Waals surface area contributed by atoms with Gasteiger partial charge in [0.25, 0.3) is 0 Å². The number of methoxy groups -OCH3 is 1. The zero-order chi connectivity index (χ0) is 39.4. The summed E-state index contributed by atoms with van der Waals surface area (Å²) in [6.45, 7) is 19.3. The van der Waals surface area contributed by atoms with E-state index in [1.54, 1.807) is 14.0 Å². The third kappa shape index (κ3) is 30.2. The quantitative estimate of drug-likeness (QED) is 0.0236. The Balaban J connectivity index is 0. The SMILES string of the molecule is C#CC.CCCCC/C=C(C)/C=C/C=C(C)/C=C(C)/C=C/C=O.CCCCCc1cn(CC(C)C(CC)OC(=O)CCCC(CCCC)OC)nn1. The van der Waals surface area contributed by atoms with Crippen molar-refractivity contribution in [3.8, 4) is 12.3 Å². The van der Waals surface area contributed by atoms with Gasteiger partial charge in [-0.1, -0.05) is 132 Å². The summed E-state index contributed by atoms with van der Waals surface area (Å²) < 4.78 is 13.2. The van der Waals surface area contributed by atoms with E-state index in [-0.39, 0.29) is 24.1 Å². The smallest absolute Gasteiger partial charge is 0.306 e.